The molecule has 0 spiro atoms. The van der Waals surface area contributed by atoms with Gasteiger partial charge in [0.25, 0.3) is 0 Å². The third-order valence-corrected chi connectivity index (χ3v) is 5.03. The van der Waals surface area contributed by atoms with E-state index in [0.717, 1.165) is 43.4 Å². The van der Waals surface area contributed by atoms with Crippen molar-refractivity contribution in [3.8, 4) is 28.7 Å². The summed E-state index contributed by atoms with van der Waals surface area (Å²) in [6, 6.07) is 9.28. The molecule has 0 aromatic heterocycles. The zero-order chi connectivity index (χ0) is 26.2. The zero-order valence-electron chi connectivity index (χ0n) is 22.6. The highest BCUT2D eigenvalue weighted by molar-refractivity contribution is 6.11. The van der Waals surface area contributed by atoms with Gasteiger partial charge in [-0.3, -0.25) is 4.79 Å². The van der Waals surface area contributed by atoms with Crippen molar-refractivity contribution in [1.29, 1.82) is 0 Å². The van der Waals surface area contributed by atoms with Crippen LogP contribution in [0.5, 0.6) is 28.7 Å². The van der Waals surface area contributed by atoms with E-state index in [-0.39, 0.29) is 5.78 Å². The summed E-state index contributed by atoms with van der Waals surface area (Å²) in [6.45, 7) is 12.9. The molecule has 0 aliphatic carbocycles. The standard InChI is InChI=1S/C30H42O6/c1-6-17-32-24-12-14-26(33-18-7-2)23(22-24)11-13-25(31)29-27(34-19-8-3)15-16-28(35-20-9-4)30(29)36-21-10-5/h11-16,22H,6-10,17-21H2,1-5H3. The smallest absolute Gasteiger partial charge is 0.193 e. The number of rotatable bonds is 18. The summed E-state index contributed by atoms with van der Waals surface area (Å²) in [5.74, 6) is 2.68. The number of benzene rings is 2. The molecule has 6 nitrogen and oxygen atoms in total. The molecule has 0 saturated heterocycles. The van der Waals surface area contributed by atoms with E-state index >= 15 is 0 Å². The molecule has 0 amide bonds. The largest absolute Gasteiger partial charge is 0.494 e. The zero-order valence-corrected chi connectivity index (χ0v) is 22.6. The van der Waals surface area contributed by atoms with Gasteiger partial charge in [-0.25, -0.2) is 0 Å². The Morgan fingerprint density at radius 1 is 0.639 bits per heavy atom. The number of ether oxygens (including phenoxy) is 5. The van der Waals surface area contributed by atoms with E-state index in [4.69, 9.17) is 23.7 Å². The van der Waals surface area contributed by atoms with E-state index < -0.39 is 0 Å². The van der Waals surface area contributed by atoms with Crippen LogP contribution >= 0.6 is 0 Å². The molecule has 0 unspecified atom stereocenters. The van der Waals surface area contributed by atoms with Crippen molar-refractivity contribution < 1.29 is 28.5 Å². The molecule has 2 rings (SSSR count). The Labute approximate surface area is 216 Å². The van der Waals surface area contributed by atoms with E-state index in [1.165, 1.54) is 6.08 Å². The van der Waals surface area contributed by atoms with Gasteiger partial charge in [-0.1, -0.05) is 34.6 Å². The second-order valence-electron chi connectivity index (χ2n) is 8.41. The van der Waals surface area contributed by atoms with Crippen LogP contribution in [0.25, 0.3) is 6.08 Å². The Morgan fingerprint density at radius 3 is 1.78 bits per heavy atom. The lowest BCUT2D eigenvalue weighted by Crippen LogP contribution is -2.10. The first kappa shape index (κ1) is 29.1. The molecule has 0 saturated carbocycles. The Bertz CT molecular complexity index is 966. The molecule has 2 aromatic rings. The van der Waals surface area contributed by atoms with Gasteiger partial charge in [0.15, 0.2) is 17.3 Å². The SMILES string of the molecule is CCCOc1ccc(OCCC)c(C=CC(=O)c2c(OCCC)ccc(OCCC)c2OCCC)c1. The Morgan fingerprint density at radius 2 is 1.14 bits per heavy atom. The lowest BCUT2D eigenvalue weighted by Gasteiger charge is -2.18. The van der Waals surface area contributed by atoms with Gasteiger partial charge in [0.1, 0.15) is 22.8 Å². The fourth-order valence-electron chi connectivity index (χ4n) is 3.34. The lowest BCUT2D eigenvalue weighted by atomic mass is 10.0. The van der Waals surface area contributed by atoms with Gasteiger partial charge in [0.05, 0.1) is 33.0 Å². The normalized spacial score (nSPS) is 10.9. The van der Waals surface area contributed by atoms with Crippen molar-refractivity contribution in [2.24, 2.45) is 0 Å². The average Bonchev–Trinajstić information content (AvgIpc) is 2.90. The third kappa shape index (κ3) is 8.81. The molecule has 36 heavy (non-hydrogen) atoms. The Hall–Kier alpha value is -3.15. The molecule has 0 radical (unpaired) electrons. The first-order valence-electron chi connectivity index (χ1n) is 13.3. The summed E-state index contributed by atoms with van der Waals surface area (Å²) in [4.78, 5) is 13.6. The Balaban J connectivity index is 2.49. The molecule has 0 N–H and O–H groups in total. The average molecular weight is 499 g/mol. The highest BCUT2D eigenvalue weighted by Crippen LogP contribution is 2.39. The molecule has 6 heteroatoms. The fourth-order valence-corrected chi connectivity index (χ4v) is 3.34. The van der Waals surface area contributed by atoms with Gasteiger partial charge >= 0.3 is 0 Å². The van der Waals surface area contributed by atoms with Crippen LogP contribution in [0.1, 0.15) is 82.6 Å². The van der Waals surface area contributed by atoms with Gasteiger partial charge < -0.3 is 23.7 Å². The quantitative estimate of drug-likeness (QED) is 0.156. The van der Waals surface area contributed by atoms with E-state index in [9.17, 15) is 4.79 Å². The monoisotopic (exact) mass is 498 g/mol. The summed E-state index contributed by atoms with van der Waals surface area (Å²) in [5.41, 5.74) is 1.15. The van der Waals surface area contributed by atoms with E-state index in [0.29, 0.717) is 61.6 Å². The lowest BCUT2D eigenvalue weighted by molar-refractivity contribution is 0.103. The highest BCUT2D eigenvalue weighted by atomic mass is 16.5. The van der Waals surface area contributed by atoms with E-state index in [2.05, 4.69) is 13.8 Å². The maximum Gasteiger partial charge on any atom is 0.193 e. The predicted molar refractivity (Wildman–Crippen MR) is 145 cm³/mol. The molecule has 0 aliphatic heterocycles. The number of ketones is 1. The van der Waals surface area contributed by atoms with Gasteiger partial charge in [0.2, 0.25) is 0 Å². The van der Waals surface area contributed by atoms with Crippen LogP contribution in [-0.4, -0.2) is 38.8 Å². The predicted octanol–water partition coefficient (Wildman–Crippen LogP) is 7.53. The molecule has 0 fully saturated rings. The molecular formula is C30H42O6. The molecule has 0 aliphatic rings. The molecule has 2 aromatic carbocycles. The minimum atomic E-state index is -0.226. The first-order chi connectivity index (χ1) is 17.6. The van der Waals surface area contributed by atoms with Crippen molar-refractivity contribution in [2.75, 3.05) is 33.0 Å². The highest BCUT2D eigenvalue weighted by Gasteiger charge is 2.22. The van der Waals surface area contributed by atoms with Gasteiger partial charge in [0, 0.05) is 5.56 Å². The van der Waals surface area contributed by atoms with Crippen molar-refractivity contribution in [2.45, 2.75) is 66.7 Å². The Kier molecular flexibility index (Phi) is 13.3. The topological polar surface area (TPSA) is 63.2 Å². The van der Waals surface area contributed by atoms with Crippen LogP contribution in [0.4, 0.5) is 0 Å². The van der Waals surface area contributed by atoms with E-state index in [1.54, 1.807) is 12.1 Å². The number of allylic oxidation sites excluding steroid dienone is 1. The summed E-state index contributed by atoms with van der Waals surface area (Å²) in [7, 11) is 0. The maximum absolute atomic E-state index is 13.6. The van der Waals surface area contributed by atoms with Crippen LogP contribution in [0.2, 0.25) is 0 Å². The second-order valence-corrected chi connectivity index (χ2v) is 8.41. The molecule has 0 heterocycles. The van der Waals surface area contributed by atoms with Crippen LogP contribution < -0.4 is 23.7 Å². The number of hydrogen-bond donors (Lipinski definition) is 0. The van der Waals surface area contributed by atoms with Gasteiger partial charge in [-0.05, 0) is 74.6 Å². The minimum absolute atomic E-state index is 0.226. The van der Waals surface area contributed by atoms with Crippen molar-refractivity contribution >= 4 is 11.9 Å². The summed E-state index contributed by atoms with van der Waals surface area (Å²) in [5, 5.41) is 0. The van der Waals surface area contributed by atoms with Gasteiger partial charge in [-0.15, -0.1) is 0 Å². The van der Waals surface area contributed by atoms with Crippen molar-refractivity contribution in [3.63, 3.8) is 0 Å². The summed E-state index contributed by atoms with van der Waals surface area (Å²) in [6.07, 6.45) is 7.58. The summed E-state index contributed by atoms with van der Waals surface area (Å²) >= 11 is 0. The number of carbonyl (C=O) groups excluding carboxylic acids is 1. The van der Waals surface area contributed by atoms with Crippen LogP contribution in [0.3, 0.4) is 0 Å². The van der Waals surface area contributed by atoms with Crippen LogP contribution in [0.15, 0.2) is 36.4 Å². The maximum atomic E-state index is 13.6. The van der Waals surface area contributed by atoms with Gasteiger partial charge in [-0.2, -0.15) is 0 Å². The summed E-state index contributed by atoms with van der Waals surface area (Å²) < 4.78 is 29.6. The van der Waals surface area contributed by atoms with Crippen LogP contribution in [0, 0.1) is 0 Å². The number of carbonyl (C=O) groups is 1. The third-order valence-electron chi connectivity index (χ3n) is 5.03. The van der Waals surface area contributed by atoms with E-state index in [1.807, 2.05) is 45.0 Å². The molecular weight excluding hydrogens is 456 g/mol. The number of hydrogen-bond acceptors (Lipinski definition) is 6. The fraction of sp³-hybridized carbons (Fsp3) is 0.500. The molecule has 0 bridgehead atoms. The molecule has 0 atom stereocenters. The minimum Gasteiger partial charge on any atom is -0.494 e. The van der Waals surface area contributed by atoms with Crippen LogP contribution in [-0.2, 0) is 0 Å². The van der Waals surface area contributed by atoms with Crippen molar-refractivity contribution in [3.05, 3.63) is 47.5 Å². The molecule has 198 valence electrons. The second kappa shape index (κ2) is 16.5. The van der Waals surface area contributed by atoms with Crippen molar-refractivity contribution in [1.82, 2.24) is 0 Å². The first-order valence-corrected chi connectivity index (χ1v) is 13.3.